The molecule has 2 aliphatic heterocycles. The van der Waals surface area contributed by atoms with Crippen LogP contribution >= 0.6 is 0 Å². The van der Waals surface area contributed by atoms with Gasteiger partial charge >= 0.3 is 5.97 Å². The number of hydroxylamine groups is 2. The van der Waals surface area contributed by atoms with Crippen LogP contribution in [0, 0.1) is 5.41 Å². The van der Waals surface area contributed by atoms with E-state index in [0.29, 0.717) is 39.1 Å². The van der Waals surface area contributed by atoms with Crippen LogP contribution in [0.25, 0.3) is 6.08 Å². The Bertz CT molecular complexity index is 715. The van der Waals surface area contributed by atoms with Crippen LogP contribution in [0.5, 0.6) is 0 Å². The topological polar surface area (TPSA) is 59.1 Å². The van der Waals surface area contributed by atoms with E-state index in [2.05, 4.69) is 0 Å². The number of hydrogen-bond acceptors (Lipinski definition) is 5. The van der Waals surface area contributed by atoms with Crippen molar-refractivity contribution in [2.45, 2.75) is 45.4 Å². The first-order valence-electron chi connectivity index (χ1n) is 11.2. The second-order valence-electron chi connectivity index (χ2n) is 8.16. The van der Waals surface area contributed by atoms with Crippen LogP contribution < -0.4 is 0 Å². The van der Waals surface area contributed by atoms with E-state index < -0.39 is 5.41 Å². The Kier molecular flexibility index (Phi) is 8.46. The molecule has 0 saturated carbocycles. The molecule has 1 amide bonds. The van der Waals surface area contributed by atoms with E-state index >= 15 is 0 Å². The van der Waals surface area contributed by atoms with Crippen LogP contribution in [0.1, 0.15) is 51.0 Å². The molecule has 0 spiro atoms. The Morgan fingerprint density at radius 1 is 1.17 bits per heavy atom. The van der Waals surface area contributed by atoms with Crippen molar-refractivity contribution in [3.05, 3.63) is 42.0 Å². The first-order valence-corrected chi connectivity index (χ1v) is 11.2. The number of benzene rings is 1. The maximum atomic E-state index is 12.9. The molecule has 6 heteroatoms. The second kappa shape index (κ2) is 11.3. The highest BCUT2D eigenvalue weighted by molar-refractivity contribution is 5.81. The van der Waals surface area contributed by atoms with Crippen molar-refractivity contribution in [1.82, 2.24) is 9.96 Å². The summed E-state index contributed by atoms with van der Waals surface area (Å²) in [7, 11) is 0. The number of esters is 1. The molecule has 1 unspecified atom stereocenters. The van der Waals surface area contributed by atoms with Gasteiger partial charge in [0.2, 0.25) is 5.91 Å². The summed E-state index contributed by atoms with van der Waals surface area (Å²) in [6, 6.07) is 10.0. The summed E-state index contributed by atoms with van der Waals surface area (Å²) in [6.45, 7) is 5.52. The first kappa shape index (κ1) is 22.5. The van der Waals surface area contributed by atoms with Gasteiger partial charge in [-0.15, -0.1) is 0 Å². The molecule has 0 bridgehead atoms. The summed E-state index contributed by atoms with van der Waals surface area (Å²) < 4.78 is 5.43. The van der Waals surface area contributed by atoms with E-state index in [1.165, 1.54) is 0 Å². The van der Waals surface area contributed by atoms with Gasteiger partial charge < -0.3 is 9.64 Å². The van der Waals surface area contributed by atoms with Crippen LogP contribution in [0.2, 0.25) is 0 Å². The minimum absolute atomic E-state index is 0.0876. The lowest BCUT2D eigenvalue weighted by atomic mass is 9.76. The summed E-state index contributed by atoms with van der Waals surface area (Å²) in [5.74, 6) is -0.107. The molecule has 3 rings (SSSR count). The zero-order valence-corrected chi connectivity index (χ0v) is 18.1. The normalized spacial score (nSPS) is 22.9. The third-order valence-corrected chi connectivity index (χ3v) is 5.91. The second-order valence-corrected chi connectivity index (χ2v) is 8.16. The molecular formula is C24H34N2O4. The fourth-order valence-electron chi connectivity index (χ4n) is 4.23. The van der Waals surface area contributed by atoms with E-state index in [4.69, 9.17) is 9.57 Å². The molecule has 1 aromatic carbocycles. The molecule has 0 radical (unpaired) electrons. The Labute approximate surface area is 179 Å². The minimum atomic E-state index is -0.670. The molecule has 0 N–H and O–H groups in total. The molecule has 0 aliphatic carbocycles. The molecule has 2 fully saturated rings. The predicted octanol–water partition coefficient (Wildman–Crippen LogP) is 3.68. The number of hydrogen-bond donors (Lipinski definition) is 0. The highest BCUT2D eigenvalue weighted by atomic mass is 16.7. The Morgan fingerprint density at radius 2 is 2.00 bits per heavy atom. The lowest BCUT2D eigenvalue weighted by Gasteiger charge is -2.40. The molecule has 6 nitrogen and oxygen atoms in total. The number of ether oxygens (including phenoxy) is 1. The van der Waals surface area contributed by atoms with Gasteiger partial charge in [0, 0.05) is 32.6 Å². The van der Waals surface area contributed by atoms with Gasteiger partial charge in [-0.2, -0.15) is 5.06 Å². The number of rotatable bonds is 8. The van der Waals surface area contributed by atoms with Crippen LogP contribution in [0.3, 0.4) is 0 Å². The van der Waals surface area contributed by atoms with E-state index in [9.17, 15) is 9.59 Å². The number of carbonyl (C=O) groups excluding carboxylic acids is 2. The fourth-order valence-corrected chi connectivity index (χ4v) is 4.23. The van der Waals surface area contributed by atoms with Gasteiger partial charge in [0.15, 0.2) is 0 Å². The molecule has 1 atom stereocenters. The van der Waals surface area contributed by atoms with Gasteiger partial charge in [-0.1, -0.05) is 42.5 Å². The summed E-state index contributed by atoms with van der Waals surface area (Å²) >= 11 is 0. The minimum Gasteiger partial charge on any atom is -0.466 e. The SMILES string of the molecule is CCOC(=O)C1(CC=Cc2ccccc2)CCCN(C(=O)CCN2CCCCO2)C1. The standard InChI is InChI=1S/C24H34N2O4/c1-2-29-23(28)24(14-8-12-21-10-4-3-5-11-21)15-9-16-25(20-24)22(27)13-18-26-17-6-7-19-30-26/h3-5,8,10-12H,2,6-7,9,13-20H2,1H3. The van der Waals surface area contributed by atoms with E-state index in [0.717, 1.165) is 44.4 Å². The Balaban J connectivity index is 1.63. The summed E-state index contributed by atoms with van der Waals surface area (Å²) in [5, 5.41) is 1.90. The number of amides is 1. The van der Waals surface area contributed by atoms with Gasteiger partial charge in [0.05, 0.1) is 18.6 Å². The smallest absolute Gasteiger partial charge is 0.314 e. The van der Waals surface area contributed by atoms with Crippen LogP contribution in [-0.2, 0) is 19.2 Å². The maximum Gasteiger partial charge on any atom is 0.314 e. The maximum absolute atomic E-state index is 12.9. The number of likely N-dealkylation sites (tertiary alicyclic amines) is 1. The van der Waals surface area contributed by atoms with Gasteiger partial charge in [0.1, 0.15) is 0 Å². The average Bonchev–Trinajstić information content (AvgIpc) is 2.79. The number of carbonyl (C=O) groups is 2. The third kappa shape index (κ3) is 6.16. The molecular weight excluding hydrogens is 380 g/mol. The van der Waals surface area contributed by atoms with Gasteiger partial charge in [-0.05, 0) is 44.6 Å². The number of nitrogens with zero attached hydrogens (tertiary/aromatic N) is 2. The number of allylic oxidation sites excluding steroid dienone is 1. The largest absolute Gasteiger partial charge is 0.466 e. The zero-order chi connectivity index (χ0) is 21.2. The monoisotopic (exact) mass is 414 g/mol. The lowest BCUT2D eigenvalue weighted by Crippen LogP contribution is -2.50. The molecule has 1 aromatic rings. The lowest BCUT2D eigenvalue weighted by molar-refractivity contribution is -0.183. The summed E-state index contributed by atoms with van der Waals surface area (Å²) in [6.07, 6.45) is 8.80. The van der Waals surface area contributed by atoms with Crippen molar-refractivity contribution < 1.29 is 19.2 Å². The molecule has 30 heavy (non-hydrogen) atoms. The summed E-state index contributed by atoms with van der Waals surface area (Å²) in [5.41, 5.74) is 0.429. The third-order valence-electron chi connectivity index (χ3n) is 5.91. The average molecular weight is 415 g/mol. The van der Waals surface area contributed by atoms with Crippen molar-refractivity contribution >= 4 is 18.0 Å². The van der Waals surface area contributed by atoms with Gasteiger partial charge in [-0.3, -0.25) is 14.4 Å². The molecule has 0 aromatic heterocycles. The molecule has 164 valence electrons. The molecule has 2 heterocycles. The zero-order valence-electron chi connectivity index (χ0n) is 18.1. The van der Waals surface area contributed by atoms with E-state index in [-0.39, 0.29) is 11.9 Å². The van der Waals surface area contributed by atoms with Crippen LogP contribution in [-0.4, -0.2) is 61.2 Å². The predicted molar refractivity (Wildman–Crippen MR) is 116 cm³/mol. The highest BCUT2D eigenvalue weighted by Crippen LogP contribution is 2.36. The Morgan fingerprint density at radius 3 is 2.73 bits per heavy atom. The van der Waals surface area contributed by atoms with E-state index in [1.807, 2.05) is 59.4 Å². The van der Waals surface area contributed by atoms with Crippen LogP contribution in [0.4, 0.5) is 0 Å². The van der Waals surface area contributed by atoms with Crippen molar-refractivity contribution in [2.24, 2.45) is 5.41 Å². The quantitative estimate of drug-likeness (QED) is 0.608. The fraction of sp³-hybridized carbons (Fsp3) is 0.583. The number of piperidine rings is 1. The molecule has 2 aliphatic rings. The van der Waals surface area contributed by atoms with Gasteiger partial charge in [0.25, 0.3) is 0 Å². The molecule has 2 saturated heterocycles. The van der Waals surface area contributed by atoms with E-state index in [1.54, 1.807) is 0 Å². The Hall–Kier alpha value is -2.18. The van der Waals surface area contributed by atoms with Crippen molar-refractivity contribution in [2.75, 3.05) is 39.4 Å². The van der Waals surface area contributed by atoms with Crippen LogP contribution in [0.15, 0.2) is 36.4 Å². The van der Waals surface area contributed by atoms with Crippen molar-refractivity contribution in [3.63, 3.8) is 0 Å². The first-order chi connectivity index (χ1) is 14.6. The van der Waals surface area contributed by atoms with Crippen molar-refractivity contribution in [3.8, 4) is 0 Å². The summed E-state index contributed by atoms with van der Waals surface area (Å²) in [4.78, 5) is 33.2. The highest BCUT2D eigenvalue weighted by Gasteiger charge is 2.43. The van der Waals surface area contributed by atoms with Crippen molar-refractivity contribution in [1.29, 1.82) is 0 Å². The van der Waals surface area contributed by atoms with Gasteiger partial charge in [-0.25, -0.2) is 0 Å².